The summed E-state index contributed by atoms with van der Waals surface area (Å²) in [5.41, 5.74) is 3.37. The zero-order valence-electron chi connectivity index (χ0n) is 17.3. The van der Waals surface area contributed by atoms with Crippen molar-refractivity contribution in [1.29, 1.82) is 0 Å². The van der Waals surface area contributed by atoms with Gasteiger partial charge in [-0.2, -0.15) is 0 Å². The van der Waals surface area contributed by atoms with E-state index in [2.05, 4.69) is 14.7 Å². The summed E-state index contributed by atoms with van der Waals surface area (Å²) >= 11 is 0.980. The van der Waals surface area contributed by atoms with E-state index in [-0.39, 0.29) is 10.1 Å². The monoisotopic (exact) mass is 437 g/mol. The van der Waals surface area contributed by atoms with Crippen LogP contribution in [0.1, 0.15) is 67.6 Å². The van der Waals surface area contributed by atoms with Gasteiger partial charge >= 0.3 is 6.03 Å². The molecule has 8 nitrogen and oxygen atoms in total. The Kier molecular flexibility index (Phi) is 5.83. The van der Waals surface area contributed by atoms with Crippen LogP contribution < -0.4 is 10.5 Å². The lowest BCUT2D eigenvalue weighted by molar-refractivity contribution is 0.0783. The number of amides is 2. The minimum absolute atomic E-state index is 0.144. The predicted octanol–water partition coefficient (Wildman–Crippen LogP) is 3.62. The Morgan fingerprint density at radius 3 is 2.69 bits per heavy atom. The number of hydrogen-bond acceptors (Lipinski definition) is 6. The fraction of sp³-hybridized carbons (Fsp3) is 0.526. The van der Waals surface area contributed by atoms with Gasteiger partial charge in [-0.1, -0.05) is 13.8 Å². The average Bonchev–Trinajstić information content (AvgIpc) is 3.22. The third kappa shape index (κ3) is 4.50. The first kappa shape index (κ1) is 21.8. The van der Waals surface area contributed by atoms with E-state index in [0.717, 1.165) is 53.1 Å². The van der Waals surface area contributed by atoms with Gasteiger partial charge in [-0.05, 0) is 57.1 Å². The first-order valence-corrected chi connectivity index (χ1v) is 11.9. The van der Waals surface area contributed by atoms with E-state index in [1.807, 2.05) is 20.8 Å². The van der Waals surface area contributed by atoms with Crippen molar-refractivity contribution < 1.29 is 14.1 Å². The van der Waals surface area contributed by atoms with Gasteiger partial charge in [-0.3, -0.25) is 4.98 Å². The predicted molar refractivity (Wildman–Crippen MR) is 114 cm³/mol. The molecule has 0 spiro atoms. The second-order valence-electron chi connectivity index (χ2n) is 8.05. The molecule has 2 amide bonds. The van der Waals surface area contributed by atoms with Crippen molar-refractivity contribution in [2.75, 3.05) is 5.32 Å². The largest absolute Gasteiger partial charge is 0.383 e. The van der Waals surface area contributed by atoms with Gasteiger partial charge in [0.25, 0.3) is 0 Å². The van der Waals surface area contributed by atoms with Crippen molar-refractivity contribution in [3.63, 3.8) is 0 Å². The minimum Gasteiger partial charge on any atom is -0.383 e. The number of pyridine rings is 1. The molecule has 0 saturated heterocycles. The topological polar surface area (TPSA) is 131 Å². The van der Waals surface area contributed by atoms with Crippen LogP contribution in [0.25, 0.3) is 0 Å². The number of aliphatic hydroxyl groups is 1. The molecule has 0 aromatic carbocycles. The van der Waals surface area contributed by atoms with Crippen molar-refractivity contribution in [3.05, 3.63) is 33.7 Å². The van der Waals surface area contributed by atoms with Gasteiger partial charge in [0.1, 0.15) is 14.8 Å². The van der Waals surface area contributed by atoms with Crippen molar-refractivity contribution in [2.24, 2.45) is 9.50 Å². The summed E-state index contributed by atoms with van der Waals surface area (Å²) in [7, 11) is -3.48. The molecule has 29 heavy (non-hydrogen) atoms. The van der Waals surface area contributed by atoms with Gasteiger partial charge in [0.15, 0.2) is 9.92 Å². The Labute approximate surface area is 175 Å². The number of nitrogens with zero attached hydrogens (tertiary/aromatic N) is 3. The molecule has 10 heteroatoms. The van der Waals surface area contributed by atoms with Crippen LogP contribution in [0.5, 0.6) is 0 Å². The number of aromatic nitrogens is 2. The summed E-state index contributed by atoms with van der Waals surface area (Å²) in [5.74, 6) is 0.154. The van der Waals surface area contributed by atoms with Gasteiger partial charge in [-0.15, -0.1) is 15.7 Å². The maximum absolute atomic E-state index is 12.9. The molecular formula is C19H27N5O3S2. The summed E-state index contributed by atoms with van der Waals surface area (Å²) in [5, 5.41) is 19.1. The summed E-state index contributed by atoms with van der Waals surface area (Å²) in [4.78, 5) is 21.4. The molecule has 0 saturated carbocycles. The molecule has 0 bridgehead atoms. The lowest BCUT2D eigenvalue weighted by Gasteiger charge is -2.19. The smallest absolute Gasteiger partial charge is 0.354 e. The highest BCUT2D eigenvalue weighted by Gasteiger charge is 2.26. The molecule has 4 N–H and O–H groups in total. The van der Waals surface area contributed by atoms with Gasteiger partial charge in [-0.25, -0.2) is 19.1 Å². The first-order valence-electron chi connectivity index (χ1n) is 9.47. The molecule has 158 valence electrons. The van der Waals surface area contributed by atoms with Crippen molar-refractivity contribution in [1.82, 2.24) is 9.97 Å². The summed E-state index contributed by atoms with van der Waals surface area (Å²) in [6.45, 7) is 9.15. The van der Waals surface area contributed by atoms with Gasteiger partial charge in [0, 0.05) is 11.4 Å². The molecule has 1 aliphatic rings. The molecule has 1 atom stereocenters. The Bertz CT molecular complexity index is 1080. The van der Waals surface area contributed by atoms with E-state index in [1.165, 1.54) is 6.20 Å². The normalized spacial score (nSPS) is 15.9. The Balaban J connectivity index is 1.97. The van der Waals surface area contributed by atoms with Crippen LogP contribution in [0.2, 0.25) is 0 Å². The molecule has 0 radical (unpaired) electrons. The van der Waals surface area contributed by atoms with E-state index in [4.69, 9.17) is 10.1 Å². The Morgan fingerprint density at radius 2 is 2.10 bits per heavy atom. The minimum atomic E-state index is -3.48. The molecule has 0 unspecified atom stereocenters. The molecule has 1 aliphatic carbocycles. The highest BCUT2D eigenvalue weighted by atomic mass is 32.2. The number of anilines is 1. The molecule has 0 aliphatic heterocycles. The summed E-state index contributed by atoms with van der Waals surface area (Å²) in [6.07, 6.45) is 3.99. The Hall–Kier alpha value is -1.88. The van der Waals surface area contributed by atoms with Crippen LogP contribution in [0.15, 0.2) is 14.8 Å². The van der Waals surface area contributed by atoms with Crippen molar-refractivity contribution in [2.45, 2.75) is 69.6 Å². The number of carbonyl (C=O) groups is 1. The number of urea groups is 1. The third-order valence-electron chi connectivity index (χ3n) is 4.78. The van der Waals surface area contributed by atoms with Crippen LogP contribution in [-0.4, -0.2) is 25.3 Å². The second kappa shape index (κ2) is 7.75. The maximum Gasteiger partial charge on any atom is 0.354 e. The van der Waals surface area contributed by atoms with Crippen molar-refractivity contribution >= 4 is 33.0 Å². The number of rotatable bonds is 4. The zero-order chi connectivity index (χ0) is 21.6. The number of carbonyl (C=O) groups excluding carboxylic acids is 1. The lowest BCUT2D eigenvalue weighted by Crippen LogP contribution is -2.19. The SMILES string of the molecule is Cc1nc2c(c(NC(=O)N=[S@@](N)(=O)c3cnc(C(C)(C)O)s3)c1C(C)C)CCC2. The van der Waals surface area contributed by atoms with E-state index in [1.54, 1.807) is 13.8 Å². The standard InChI is InChI=1S/C19H27N5O3S2/c1-10(2)15-11(3)22-13-8-6-7-12(13)16(15)23-18(25)24-29(20,27)14-9-21-17(28-14)19(4,5)26/h9-10,26H,6-8H2,1-5H3,(H3,20,22,23,24,25,27)/t29-/m1/s1. The first-order chi connectivity index (χ1) is 13.4. The zero-order valence-corrected chi connectivity index (χ0v) is 18.9. The highest BCUT2D eigenvalue weighted by molar-refractivity contribution is 7.93. The molecule has 2 aromatic heterocycles. The fourth-order valence-corrected chi connectivity index (χ4v) is 5.61. The van der Waals surface area contributed by atoms with Crippen LogP contribution >= 0.6 is 11.3 Å². The molecule has 3 rings (SSSR count). The maximum atomic E-state index is 12.9. The van der Waals surface area contributed by atoms with Crippen LogP contribution in [0, 0.1) is 6.92 Å². The second-order valence-corrected chi connectivity index (χ2v) is 11.1. The van der Waals surface area contributed by atoms with Crippen LogP contribution in [0.3, 0.4) is 0 Å². The fourth-order valence-electron chi connectivity index (χ4n) is 3.55. The van der Waals surface area contributed by atoms with E-state index in [9.17, 15) is 14.1 Å². The highest BCUT2D eigenvalue weighted by Crippen LogP contribution is 2.36. The number of hydrogen-bond donors (Lipinski definition) is 3. The number of aryl methyl sites for hydroxylation is 2. The molecular weight excluding hydrogens is 410 g/mol. The Morgan fingerprint density at radius 1 is 1.41 bits per heavy atom. The van der Waals surface area contributed by atoms with E-state index < -0.39 is 21.5 Å². The quantitative estimate of drug-likeness (QED) is 0.672. The molecule has 2 aromatic rings. The molecule has 0 fully saturated rings. The molecule has 2 heterocycles. The van der Waals surface area contributed by atoms with Crippen molar-refractivity contribution in [3.8, 4) is 0 Å². The van der Waals surface area contributed by atoms with Crippen LogP contribution in [0.4, 0.5) is 10.5 Å². The number of fused-ring (bicyclic) bond motifs is 1. The van der Waals surface area contributed by atoms with Crippen LogP contribution in [-0.2, 0) is 28.4 Å². The summed E-state index contributed by atoms with van der Waals surface area (Å²) in [6, 6.07) is -0.766. The lowest BCUT2D eigenvalue weighted by atomic mass is 9.96. The average molecular weight is 438 g/mol. The van der Waals surface area contributed by atoms with Gasteiger partial charge in [0.2, 0.25) is 0 Å². The number of nitrogens with two attached hydrogens (primary N) is 1. The van der Waals surface area contributed by atoms with E-state index in [0.29, 0.717) is 10.7 Å². The number of nitrogens with one attached hydrogen (secondary N) is 1. The number of thiazole rings is 1. The summed E-state index contributed by atoms with van der Waals surface area (Å²) < 4.78 is 16.8. The third-order valence-corrected chi connectivity index (χ3v) is 7.97. The van der Waals surface area contributed by atoms with Gasteiger partial charge in [0.05, 0.1) is 11.9 Å². The van der Waals surface area contributed by atoms with Gasteiger partial charge < -0.3 is 10.4 Å². The van der Waals surface area contributed by atoms with E-state index >= 15 is 0 Å².